The Hall–Kier alpha value is -3.95. The molecule has 0 bridgehead atoms. The van der Waals surface area contributed by atoms with E-state index in [0.29, 0.717) is 28.6 Å². The Kier molecular flexibility index (Phi) is 6.23. The molecule has 2 aromatic rings. The molecule has 1 N–H and O–H groups in total. The summed E-state index contributed by atoms with van der Waals surface area (Å²) in [7, 11) is 4.59. The zero-order chi connectivity index (χ0) is 24.5. The third kappa shape index (κ3) is 4.18. The van der Waals surface area contributed by atoms with E-state index < -0.39 is 29.9 Å². The molecule has 0 spiro atoms. The van der Waals surface area contributed by atoms with Crippen molar-refractivity contribution in [1.82, 2.24) is 15.1 Å². The van der Waals surface area contributed by atoms with E-state index in [0.717, 1.165) is 4.90 Å². The molecular weight excluding hydrogens is 442 g/mol. The highest BCUT2D eigenvalue weighted by Gasteiger charge is 2.50. The zero-order valence-electron chi connectivity index (χ0n) is 19.5. The van der Waals surface area contributed by atoms with Gasteiger partial charge in [-0.05, 0) is 36.8 Å². The molecule has 4 amide bonds. The van der Waals surface area contributed by atoms with Gasteiger partial charge >= 0.3 is 6.03 Å². The van der Waals surface area contributed by atoms with E-state index in [4.69, 9.17) is 18.9 Å². The fraction of sp³-hybridized carbons (Fsp3) is 0.375. The fourth-order valence-corrected chi connectivity index (χ4v) is 4.00. The first kappa shape index (κ1) is 23.2. The molecule has 0 radical (unpaired) electrons. The Morgan fingerprint density at radius 3 is 2.56 bits per heavy atom. The minimum absolute atomic E-state index is 0.240. The van der Waals surface area contributed by atoms with Crippen LogP contribution in [0.2, 0.25) is 0 Å². The standard InChI is InChI=1S/C24H27N3O7/c1-24(15-9-10-17(31-3)20(11-15)32-4)22(29)27(23(30)25-24)13-21(28)26(2)12-16-14-33-18-7-5-6-8-19(18)34-16/h5-11,16H,12-14H2,1-4H3,(H,25,30)/t16-,24+/m1/s1. The van der Waals surface area contributed by atoms with E-state index >= 15 is 0 Å². The lowest BCUT2D eigenvalue weighted by Gasteiger charge is -2.30. The van der Waals surface area contributed by atoms with Crippen molar-refractivity contribution in [2.45, 2.75) is 18.6 Å². The number of urea groups is 1. The van der Waals surface area contributed by atoms with Gasteiger partial charge < -0.3 is 29.2 Å². The number of methoxy groups -OCH3 is 2. The van der Waals surface area contributed by atoms with Crippen molar-refractivity contribution in [3.8, 4) is 23.0 Å². The number of nitrogens with zero attached hydrogens (tertiary/aromatic N) is 2. The lowest BCUT2D eigenvalue weighted by Crippen LogP contribution is -2.47. The molecule has 34 heavy (non-hydrogen) atoms. The average Bonchev–Trinajstić information content (AvgIpc) is 3.07. The monoisotopic (exact) mass is 469 g/mol. The molecule has 0 saturated carbocycles. The molecule has 0 unspecified atom stereocenters. The van der Waals surface area contributed by atoms with Gasteiger partial charge in [0.1, 0.15) is 18.7 Å². The summed E-state index contributed by atoms with van der Waals surface area (Å²) in [6, 6.07) is 11.6. The van der Waals surface area contributed by atoms with Crippen LogP contribution in [0.15, 0.2) is 42.5 Å². The Morgan fingerprint density at radius 1 is 1.15 bits per heavy atom. The summed E-state index contributed by atoms with van der Waals surface area (Å²) in [4.78, 5) is 41.1. The lowest BCUT2D eigenvalue weighted by molar-refractivity contribution is -0.138. The largest absolute Gasteiger partial charge is 0.493 e. The van der Waals surface area contributed by atoms with Crippen molar-refractivity contribution in [3.63, 3.8) is 0 Å². The number of likely N-dealkylation sites (N-methyl/N-ethyl adjacent to an activating group) is 1. The molecule has 2 aliphatic rings. The molecule has 2 atom stereocenters. The van der Waals surface area contributed by atoms with Crippen LogP contribution in [0.1, 0.15) is 12.5 Å². The maximum Gasteiger partial charge on any atom is 0.325 e. The van der Waals surface area contributed by atoms with Crippen LogP contribution in [-0.4, -0.2) is 74.7 Å². The third-order valence-electron chi connectivity index (χ3n) is 6.00. The fourth-order valence-electron chi connectivity index (χ4n) is 4.00. The first-order valence-corrected chi connectivity index (χ1v) is 10.8. The van der Waals surface area contributed by atoms with Crippen molar-refractivity contribution < 1.29 is 33.3 Å². The summed E-state index contributed by atoms with van der Waals surface area (Å²) in [5, 5.41) is 2.70. The zero-order valence-corrected chi connectivity index (χ0v) is 19.5. The number of rotatable bonds is 7. The first-order valence-electron chi connectivity index (χ1n) is 10.8. The van der Waals surface area contributed by atoms with Gasteiger partial charge in [0.05, 0.1) is 20.8 Å². The Morgan fingerprint density at radius 2 is 1.85 bits per heavy atom. The number of amides is 4. The van der Waals surface area contributed by atoms with E-state index in [1.54, 1.807) is 38.2 Å². The quantitative estimate of drug-likeness (QED) is 0.616. The predicted octanol–water partition coefficient (Wildman–Crippen LogP) is 1.77. The molecular formula is C24H27N3O7. The molecule has 2 aliphatic heterocycles. The van der Waals surface area contributed by atoms with Gasteiger partial charge in [0.15, 0.2) is 29.1 Å². The topological polar surface area (TPSA) is 107 Å². The Bertz CT molecular complexity index is 1120. The summed E-state index contributed by atoms with van der Waals surface area (Å²) in [5.74, 6) is 1.26. The van der Waals surface area contributed by atoms with E-state index in [2.05, 4.69) is 5.32 Å². The van der Waals surface area contributed by atoms with E-state index in [9.17, 15) is 14.4 Å². The molecule has 1 saturated heterocycles. The van der Waals surface area contributed by atoms with Gasteiger partial charge in [0.25, 0.3) is 5.91 Å². The van der Waals surface area contributed by atoms with Crippen LogP contribution in [0, 0.1) is 0 Å². The molecule has 10 heteroatoms. The molecule has 4 rings (SSSR count). The van der Waals surface area contributed by atoms with Crippen LogP contribution in [0.5, 0.6) is 23.0 Å². The van der Waals surface area contributed by atoms with E-state index in [1.807, 2.05) is 18.2 Å². The SMILES string of the molecule is COc1ccc([C@]2(C)NC(=O)N(CC(=O)N(C)C[C@@H]3COc4ccccc4O3)C2=O)cc1OC. The molecule has 180 valence electrons. The second-order valence-electron chi connectivity index (χ2n) is 8.29. The molecule has 2 heterocycles. The van der Waals surface area contributed by atoms with Crippen LogP contribution >= 0.6 is 0 Å². The number of hydrogen-bond acceptors (Lipinski definition) is 7. The van der Waals surface area contributed by atoms with Gasteiger partial charge in [-0.15, -0.1) is 0 Å². The van der Waals surface area contributed by atoms with Gasteiger partial charge in [-0.1, -0.05) is 18.2 Å². The van der Waals surface area contributed by atoms with Gasteiger partial charge in [0, 0.05) is 7.05 Å². The Labute approximate surface area is 197 Å². The molecule has 0 aromatic heterocycles. The number of ether oxygens (including phenoxy) is 4. The Balaban J connectivity index is 1.42. The predicted molar refractivity (Wildman–Crippen MR) is 121 cm³/mol. The van der Waals surface area contributed by atoms with Crippen molar-refractivity contribution in [1.29, 1.82) is 0 Å². The summed E-state index contributed by atoms with van der Waals surface area (Å²) >= 11 is 0. The summed E-state index contributed by atoms with van der Waals surface area (Å²) in [6.07, 6.45) is -0.371. The summed E-state index contributed by atoms with van der Waals surface area (Å²) < 4.78 is 22.1. The van der Waals surface area contributed by atoms with Crippen LogP contribution in [0.3, 0.4) is 0 Å². The molecule has 0 aliphatic carbocycles. The maximum absolute atomic E-state index is 13.2. The van der Waals surface area contributed by atoms with Gasteiger partial charge in [-0.25, -0.2) is 4.79 Å². The first-order chi connectivity index (χ1) is 16.3. The van der Waals surface area contributed by atoms with E-state index in [-0.39, 0.29) is 19.3 Å². The smallest absolute Gasteiger partial charge is 0.325 e. The second kappa shape index (κ2) is 9.12. The van der Waals surface area contributed by atoms with Crippen LogP contribution in [-0.2, 0) is 15.1 Å². The van der Waals surface area contributed by atoms with Gasteiger partial charge in [-0.2, -0.15) is 0 Å². The molecule has 1 fully saturated rings. The average molecular weight is 469 g/mol. The number of carbonyl (C=O) groups is 3. The van der Waals surface area contributed by atoms with Crippen molar-refractivity contribution in [3.05, 3.63) is 48.0 Å². The summed E-state index contributed by atoms with van der Waals surface area (Å²) in [6.45, 7) is 1.72. The number of carbonyl (C=O) groups excluding carboxylic acids is 3. The minimum atomic E-state index is -1.35. The highest BCUT2D eigenvalue weighted by Crippen LogP contribution is 2.35. The van der Waals surface area contributed by atoms with Crippen molar-refractivity contribution >= 4 is 17.8 Å². The molecule has 2 aromatic carbocycles. The highest BCUT2D eigenvalue weighted by atomic mass is 16.6. The number of fused-ring (bicyclic) bond motifs is 1. The number of imide groups is 1. The minimum Gasteiger partial charge on any atom is -0.493 e. The maximum atomic E-state index is 13.2. The third-order valence-corrected chi connectivity index (χ3v) is 6.00. The number of para-hydroxylation sites is 2. The van der Waals surface area contributed by atoms with Crippen molar-refractivity contribution in [2.24, 2.45) is 0 Å². The van der Waals surface area contributed by atoms with Crippen LogP contribution < -0.4 is 24.3 Å². The van der Waals surface area contributed by atoms with E-state index in [1.165, 1.54) is 19.1 Å². The lowest BCUT2D eigenvalue weighted by atomic mass is 9.91. The second-order valence-corrected chi connectivity index (χ2v) is 8.29. The van der Waals surface area contributed by atoms with Crippen LogP contribution in [0.25, 0.3) is 0 Å². The summed E-state index contributed by atoms with van der Waals surface area (Å²) in [5.41, 5.74) is -0.835. The number of benzene rings is 2. The number of nitrogens with one attached hydrogen (secondary N) is 1. The van der Waals surface area contributed by atoms with Gasteiger partial charge in [-0.3, -0.25) is 14.5 Å². The molecule has 10 nitrogen and oxygen atoms in total. The van der Waals surface area contributed by atoms with Gasteiger partial charge in [0.2, 0.25) is 5.91 Å². The van der Waals surface area contributed by atoms with Crippen LogP contribution in [0.4, 0.5) is 4.79 Å². The van der Waals surface area contributed by atoms with Crippen molar-refractivity contribution in [2.75, 3.05) is 41.0 Å². The normalized spacial score (nSPS) is 21.2. The number of hydrogen-bond donors (Lipinski definition) is 1. The highest BCUT2D eigenvalue weighted by molar-refractivity contribution is 6.09.